The van der Waals surface area contributed by atoms with E-state index in [2.05, 4.69) is 5.32 Å². The lowest BCUT2D eigenvalue weighted by Crippen LogP contribution is -2.55. The minimum atomic E-state index is -0.701. The number of ether oxygens (including phenoxy) is 3. The van der Waals surface area contributed by atoms with Gasteiger partial charge >= 0.3 is 0 Å². The molecule has 0 aliphatic carbocycles. The molecule has 1 aliphatic rings. The zero-order valence-corrected chi connectivity index (χ0v) is 7.16. The lowest BCUT2D eigenvalue weighted by molar-refractivity contribution is -0.290. The molecule has 2 unspecified atom stereocenters. The summed E-state index contributed by atoms with van der Waals surface area (Å²) in [6.07, 6.45) is -0.304. The van der Waals surface area contributed by atoms with Crippen molar-refractivity contribution < 1.29 is 14.2 Å². The van der Waals surface area contributed by atoms with E-state index in [1.807, 2.05) is 6.92 Å². The van der Waals surface area contributed by atoms with E-state index >= 15 is 0 Å². The van der Waals surface area contributed by atoms with Crippen molar-refractivity contribution >= 4 is 0 Å². The van der Waals surface area contributed by atoms with Crippen molar-refractivity contribution in [1.82, 2.24) is 5.32 Å². The van der Waals surface area contributed by atoms with Crippen LogP contribution in [0.1, 0.15) is 6.92 Å². The highest BCUT2D eigenvalue weighted by Crippen LogP contribution is 2.20. The van der Waals surface area contributed by atoms with Gasteiger partial charge in [-0.1, -0.05) is 0 Å². The summed E-state index contributed by atoms with van der Waals surface area (Å²) in [5.74, 6) is -0.701. The van der Waals surface area contributed by atoms with Gasteiger partial charge in [0.05, 0.1) is 6.61 Å². The maximum atomic E-state index is 5.38. The number of nitrogens with zero attached hydrogens (tertiary/aromatic N) is 1. The highest BCUT2D eigenvalue weighted by Gasteiger charge is 2.39. The Hall–Kier alpha value is -0.160. The SMILES string of the molecule is COC1[N]CCOC1(C)OC. The summed E-state index contributed by atoms with van der Waals surface area (Å²) in [4.78, 5) is 0. The minimum Gasteiger partial charge on any atom is -0.359 e. The van der Waals surface area contributed by atoms with Gasteiger partial charge in [0.2, 0.25) is 5.79 Å². The first-order valence-corrected chi connectivity index (χ1v) is 3.61. The number of methoxy groups -OCH3 is 2. The number of hydrogen-bond acceptors (Lipinski definition) is 3. The minimum absolute atomic E-state index is 0.304. The molecule has 0 aromatic carbocycles. The first-order valence-electron chi connectivity index (χ1n) is 3.61. The van der Waals surface area contributed by atoms with E-state index in [0.717, 1.165) is 0 Å². The van der Waals surface area contributed by atoms with E-state index in [4.69, 9.17) is 14.2 Å². The molecule has 4 nitrogen and oxygen atoms in total. The molecule has 0 spiro atoms. The summed E-state index contributed by atoms with van der Waals surface area (Å²) in [6.45, 7) is 3.10. The Morgan fingerprint density at radius 3 is 2.73 bits per heavy atom. The molecule has 2 atom stereocenters. The van der Waals surface area contributed by atoms with E-state index in [-0.39, 0.29) is 6.23 Å². The summed E-state index contributed by atoms with van der Waals surface area (Å²) in [7, 11) is 3.19. The summed E-state index contributed by atoms with van der Waals surface area (Å²) in [5, 5.41) is 4.20. The van der Waals surface area contributed by atoms with E-state index < -0.39 is 5.79 Å². The standard InChI is InChI=1S/C7H14NO3/c1-7(10-3)6(9-2)8-4-5-11-7/h6H,4-5H2,1-3H3. The molecule has 0 saturated carbocycles. The van der Waals surface area contributed by atoms with Crippen LogP contribution >= 0.6 is 0 Å². The van der Waals surface area contributed by atoms with Crippen molar-refractivity contribution in [1.29, 1.82) is 0 Å². The molecule has 0 bridgehead atoms. The predicted molar refractivity (Wildman–Crippen MR) is 39.2 cm³/mol. The fourth-order valence-corrected chi connectivity index (χ4v) is 1.10. The van der Waals surface area contributed by atoms with Crippen molar-refractivity contribution in [3.63, 3.8) is 0 Å². The Morgan fingerprint density at radius 1 is 1.55 bits per heavy atom. The summed E-state index contributed by atoms with van der Waals surface area (Å²) < 4.78 is 15.6. The zero-order chi connectivity index (χ0) is 8.32. The molecular formula is C7H14NO3. The van der Waals surface area contributed by atoms with Crippen molar-refractivity contribution in [3.8, 4) is 0 Å². The second kappa shape index (κ2) is 3.49. The normalized spacial score (nSPS) is 39.0. The fourth-order valence-electron chi connectivity index (χ4n) is 1.10. The molecule has 1 heterocycles. The Morgan fingerprint density at radius 2 is 2.27 bits per heavy atom. The largest absolute Gasteiger partial charge is 0.359 e. The summed E-state index contributed by atoms with van der Waals surface area (Å²) in [6, 6.07) is 0. The van der Waals surface area contributed by atoms with Gasteiger partial charge in [0.25, 0.3) is 0 Å². The Labute approximate surface area is 66.8 Å². The molecular weight excluding hydrogens is 146 g/mol. The monoisotopic (exact) mass is 160 g/mol. The van der Waals surface area contributed by atoms with Crippen LogP contribution in [-0.2, 0) is 14.2 Å². The summed E-state index contributed by atoms with van der Waals surface area (Å²) in [5.41, 5.74) is 0. The number of morpholine rings is 1. The van der Waals surface area contributed by atoms with Crippen molar-refractivity contribution in [2.24, 2.45) is 0 Å². The topological polar surface area (TPSA) is 41.8 Å². The van der Waals surface area contributed by atoms with Crippen LogP contribution in [0.4, 0.5) is 0 Å². The lowest BCUT2D eigenvalue weighted by Gasteiger charge is -2.38. The van der Waals surface area contributed by atoms with E-state index in [1.54, 1.807) is 14.2 Å². The molecule has 1 rings (SSSR count). The first kappa shape index (κ1) is 8.93. The third-order valence-corrected chi connectivity index (χ3v) is 1.85. The molecule has 0 amide bonds. The van der Waals surface area contributed by atoms with Crippen LogP contribution in [0.25, 0.3) is 0 Å². The highest BCUT2D eigenvalue weighted by molar-refractivity contribution is 4.77. The molecule has 1 radical (unpaired) electrons. The zero-order valence-electron chi connectivity index (χ0n) is 7.16. The van der Waals surface area contributed by atoms with Gasteiger partial charge in [-0.25, -0.2) is 5.32 Å². The lowest BCUT2D eigenvalue weighted by atomic mass is 10.2. The van der Waals surface area contributed by atoms with Crippen LogP contribution in [0.5, 0.6) is 0 Å². The van der Waals surface area contributed by atoms with Crippen LogP contribution < -0.4 is 5.32 Å². The summed E-state index contributed by atoms with van der Waals surface area (Å²) >= 11 is 0. The van der Waals surface area contributed by atoms with E-state index in [9.17, 15) is 0 Å². The molecule has 4 heteroatoms. The molecule has 1 aliphatic heterocycles. The fraction of sp³-hybridized carbons (Fsp3) is 1.00. The van der Waals surface area contributed by atoms with Gasteiger partial charge < -0.3 is 14.2 Å². The molecule has 11 heavy (non-hydrogen) atoms. The molecule has 1 fully saturated rings. The van der Waals surface area contributed by atoms with Gasteiger partial charge in [-0.15, -0.1) is 0 Å². The first-order chi connectivity index (χ1) is 5.23. The Kier molecular flexibility index (Phi) is 2.84. The van der Waals surface area contributed by atoms with Crippen molar-refractivity contribution in [2.75, 3.05) is 27.4 Å². The van der Waals surface area contributed by atoms with Gasteiger partial charge in [-0.3, -0.25) is 0 Å². The van der Waals surface area contributed by atoms with Gasteiger partial charge in [0.1, 0.15) is 0 Å². The third-order valence-electron chi connectivity index (χ3n) is 1.85. The molecule has 0 N–H and O–H groups in total. The van der Waals surface area contributed by atoms with E-state index in [1.165, 1.54) is 0 Å². The van der Waals surface area contributed by atoms with Crippen molar-refractivity contribution in [2.45, 2.75) is 18.9 Å². The second-order valence-corrected chi connectivity index (χ2v) is 2.56. The highest BCUT2D eigenvalue weighted by atomic mass is 16.7. The number of rotatable bonds is 2. The van der Waals surface area contributed by atoms with Crippen LogP contribution in [0.3, 0.4) is 0 Å². The second-order valence-electron chi connectivity index (χ2n) is 2.56. The maximum Gasteiger partial charge on any atom is 0.206 e. The Balaban J connectivity index is 2.57. The quantitative estimate of drug-likeness (QED) is 0.569. The third kappa shape index (κ3) is 1.70. The van der Waals surface area contributed by atoms with Crippen LogP contribution in [0.2, 0.25) is 0 Å². The molecule has 0 aromatic heterocycles. The average molecular weight is 160 g/mol. The smallest absolute Gasteiger partial charge is 0.206 e. The predicted octanol–water partition coefficient (Wildman–Crippen LogP) is -0.0439. The van der Waals surface area contributed by atoms with Crippen LogP contribution in [0, 0.1) is 0 Å². The Bertz CT molecular complexity index is 131. The molecule has 0 aromatic rings. The van der Waals surface area contributed by atoms with Gasteiger partial charge in [0.15, 0.2) is 6.23 Å². The van der Waals surface area contributed by atoms with Crippen LogP contribution in [0.15, 0.2) is 0 Å². The van der Waals surface area contributed by atoms with E-state index in [0.29, 0.717) is 13.2 Å². The van der Waals surface area contributed by atoms with Crippen LogP contribution in [-0.4, -0.2) is 39.4 Å². The number of hydrogen-bond donors (Lipinski definition) is 0. The van der Waals surface area contributed by atoms with Gasteiger partial charge in [-0.2, -0.15) is 0 Å². The average Bonchev–Trinajstić information content (AvgIpc) is 2.05. The van der Waals surface area contributed by atoms with Gasteiger partial charge in [-0.05, 0) is 6.92 Å². The van der Waals surface area contributed by atoms with Crippen molar-refractivity contribution in [3.05, 3.63) is 0 Å². The molecule has 65 valence electrons. The maximum absolute atomic E-state index is 5.38. The molecule has 1 saturated heterocycles. The van der Waals surface area contributed by atoms with Gasteiger partial charge in [0, 0.05) is 20.8 Å².